The summed E-state index contributed by atoms with van der Waals surface area (Å²) in [6.07, 6.45) is 2.98. The lowest BCUT2D eigenvalue weighted by Gasteiger charge is -2.07. The van der Waals surface area contributed by atoms with Gasteiger partial charge in [0.25, 0.3) is 5.91 Å². The number of aromatic nitrogens is 1. The highest BCUT2D eigenvalue weighted by Crippen LogP contribution is 2.14. The first-order valence-corrected chi connectivity index (χ1v) is 7.29. The molecule has 0 atom stereocenters. The Labute approximate surface area is 139 Å². The molecule has 5 nitrogen and oxygen atoms in total. The van der Waals surface area contributed by atoms with Crippen LogP contribution in [-0.4, -0.2) is 10.9 Å². The Kier molecular flexibility index (Phi) is 5.73. The summed E-state index contributed by atoms with van der Waals surface area (Å²) in [5, 5.41) is 15.2. The number of pyridine rings is 1. The first-order chi connectivity index (χ1) is 11.1. The zero-order valence-corrected chi connectivity index (χ0v) is 13.3. The van der Waals surface area contributed by atoms with Crippen LogP contribution in [0, 0.1) is 18.3 Å². The number of hydrogen-bond acceptors (Lipinski definition) is 4. The van der Waals surface area contributed by atoms with Crippen molar-refractivity contribution in [1.82, 2.24) is 10.3 Å². The Balaban J connectivity index is 2.01. The number of rotatable bonds is 5. The number of hydrogen-bond donors (Lipinski definition) is 2. The summed E-state index contributed by atoms with van der Waals surface area (Å²) in [5.74, 6) is 0.118. The fraction of sp³-hybridized carbons (Fsp3) is 0.118. The molecule has 0 unspecified atom stereocenters. The van der Waals surface area contributed by atoms with Gasteiger partial charge in [0.15, 0.2) is 0 Å². The van der Waals surface area contributed by atoms with Crippen molar-refractivity contribution in [3.63, 3.8) is 0 Å². The van der Waals surface area contributed by atoms with E-state index in [2.05, 4.69) is 15.6 Å². The molecule has 2 aromatic rings. The number of carbonyl (C=O) groups excluding carboxylic acids is 1. The van der Waals surface area contributed by atoms with Gasteiger partial charge < -0.3 is 10.6 Å². The summed E-state index contributed by atoms with van der Waals surface area (Å²) in [7, 11) is 0. The molecule has 1 heterocycles. The monoisotopic (exact) mass is 326 g/mol. The van der Waals surface area contributed by atoms with Crippen LogP contribution >= 0.6 is 11.6 Å². The summed E-state index contributed by atoms with van der Waals surface area (Å²) in [6, 6.07) is 12.8. The summed E-state index contributed by atoms with van der Waals surface area (Å²) >= 11 is 6.03. The van der Waals surface area contributed by atoms with Crippen LogP contribution in [0.25, 0.3) is 0 Å². The fourth-order valence-electron chi connectivity index (χ4n) is 1.84. The fourth-order valence-corrected chi connectivity index (χ4v) is 2.04. The average molecular weight is 327 g/mol. The van der Waals surface area contributed by atoms with Crippen LogP contribution in [0.1, 0.15) is 11.1 Å². The molecule has 1 amide bonds. The largest absolute Gasteiger partial charge is 0.347 e. The molecule has 0 saturated carbocycles. The van der Waals surface area contributed by atoms with Gasteiger partial charge in [0.1, 0.15) is 17.5 Å². The van der Waals surface area contributed by atoms with E-state index in [0.29, 0.717) is 10.8 Å². The molecule has 0 aliphatic carbocycles. The van der Waals surface area contributed by atoms with Gasteiger partial charge in [-0.15, -0.1) is 0 Å². The molecule has 1 aromatic heterocycles. The lowest BCUT2D eigenvalue weighted by Crippen LogP contribution is -2.24. The molecule has 0 saturated heterocycles. The maximum atomic E-state index is 12.1. The summed E-state index contributed by atoms with van der Waals surface area (Å²) in [4.78, 5) is 16.2. The maximum absolute atomic E-state index is 12.1. The van der Waals surface area contributed by atoms with Crippen LogP contribution in [0.15, 0.2) is 54.4 Å². The zero-order chi connectivity index (χ0) is 16.7. The second-order valence-electron chi connectivity index (χ2n) is 4.76. The van der Waals surface area contributed by atoms with Gasteiger partial charge in [0, 0.05) is 24.0 Å². The number of anilines is 1. The number of aryl methyl sites for hydroxylation is 1. The molecule has 1 aromatic carbocycles. The third kappa shape index (κ3) is 4.56. The Morgan fingerprint density at radius 1 is 1.35 bits per heavy atom. The van der Waals surface area contributed by atoms with Crippen LogP contribution in [0.5, 0.6) is 0 Å². The van der Waals surface area contributed by atoms with Crippen LogP contribution in [0.4, 0.5) is 5.82 Å². The van der Waals surface area contributed by atoms with E-state index in [0.717, 1.165) is 11.1 Å². The van der Waals surface area contributed by atoms with Crippen molar-refractivity contribution in [2.75, 3.05) is 5.32 Å². The van der Waals surface area contributed by atoms with Crippen molar-refractivity contribution in [2.24, 2.45) is 0 Å². The molecule has 23 heavy (non-hydrogen) atoms. The molecule has 0 spiro atoms. The summed E-state index contributed by atoms with van der Waals surface area (Å²) in [6.45, 7) is 2.13. The molecule has 0 fully saturated rings. The third-order valence-electron chi connectivity index (χ3n) is 3.12. The predicted molar refractivity (Wildman–Crippen MR) is 89.6 cm³/mol. The maximum Gasteiger partial charge on any atom is 0.263 e. The lowest BCUT2D eigenvalue weighted by molar-refractivity contribution is -0.117. The standard InChI is InChI=1S/C17H15ClN4O/c1-12-5-4-8-20-16(12)21-11-14(9-19)17(23)22-10-13-6-2-3-7-15(13)18/h2-8,11H,10H2,1H3,(H,20,21)(H,22,23)/b14-11-. The number of nitriles is 1. The van der Waals surface area contributed by atoms with E-state index < -0.39 is 5.91 Å². The second-order valence-corrected chi connectivity index (χ2v) is 5.16. The third-order valence-corrected chi connectivity index (χ3v) is 3.49. The highest BCUT2D eigenvalue weighted by atomic mass is 35.5. The first-order valence-electron chi connectivity index (χ1n) is 6.92. The van der Waals surface area contributed by atoms with Gasteiger partial charge in [-0.05, 0) is 30.2 Å². The quantitative estimate of drug-likeness (QED) is 0.653. The SMILES string of the molecule is Cc1cccnc1N/C=C(/C#N)C(=O)NCc1ccccc1Cl. The van der Waals surface area contributed by atoms with Crippen molar-refractivity contribution in [2.45, 2.75) is 13.5 Å². The van der Waals surface area contributed by atoms with Gasteiger partial charge in [0.05, 0.1) is 0 Å². The van der Waals surface area contributed by atoms with Gasteiger partial charge in [-0.2, -0.15) is 5.26 Å². The number of benzene rings is 1. The van der Waals surface area contributed by atoms with Crippen molar-refractivity contribution in [3.05, 3.63) is 70.5 Å². The van der Waals surface area contributed by atoms with Crippen LogP contribution < -0.4 is 10.6 Å². The molecular formula is C17H15ClN4O. The average Bonchev–Trinajstić information content (AvgIpc) is 2.56. The Bertz CT molecular complexity index is 780. The minimum Gasteiger partial charge on any atom is -0.347 e. The van der Waals surface area contributed by atoms with Crippen LogP contribution in [0.3, 0.4) is 0 Å². The van der Waals surface area contributed by atoms with Gasteiger partial charge in [-0.1, -0.05) is 35.9 Å². The summed E-state index contributed by atoms with van der Waals surface area (Å²) in [5.41, 5.74) is 1.66. The normalized spacial score (nSPS) is 10.7. The highest BCUT2D eigenvalue weighted by Gasteiger charge is 2.09. The molecule has 0 bridgehead atoms. The molecular weight excluding hydrogens is 312 g/mol. The number of carbonyl (C=O) groups is 1. The van der Waals surface area contributed by atoms with Crippen LogP contribution in [-0.2, 0) is 11.3 Å². The minimum absolute atomic E-state index is 0.0397. The van der Waals surface area contributed by atoms with E-state index in [1.54, 1.807) is 12.3 Å². The van der Waals surface area contributed by atoms with Crippen molar-refractivity contribution < 1.29 is 4.79 Å². The van der Waals surface area contributed by atoms with E-state index in [9.17, 15) is 4.79 Å². The van der Waals surface area contributed by atoms with Crippen molar-refractivity contribution >= 4 is 23.3 Å². The number of nitrogens with one attached hydrogen (secondary N) is 2. The molecule has 6 heteroatoms. The van der Waals surface area contributed by atoms with Crippen molar-refractivity contribution in [1.29, 1.82) is 5.26 Å². The van der Waals surface area contributed by atoms with E-state index in [1.807, 2.05) is 43.3 Å². The van der Waals surface area contributed by atoms with E-state index in [1.165, 1.54) is 6.20 Å². The smallest absolute Gasteiger partial charge is 0.263 e. The highest BCUT2D eigenvalue weighted by molar-refractivity contribution is 6.31. The molecule has 2 rings (SSSR count). The van der Waals surface area contributed by atoms with Crippen LogP contribution in [0.2, 0.25) is 5.02 Å². The topological polar surface area (TPSA) is 77.8 Å². The van der Waals surface area contributed by atoms with Gasteiger partial charge >= 0.3 is 0 Å². The second kappa shape index (κ2) is 7.97. The Morgan fingerprint density at radius 3 is 2.83 bits per heavy atom. The number of halogens is 1. The predicted octanol–water partition coefficient (Wildman–Crippen LogP) is 3.18. The minimum atomic E-state index is -0.478. The van der Waals surface area contributed by atoms with Gasteiger partial charge in [-0.25, -0.2) is 4.98 Å². The zero-order valence-electron chi connectivity index (χ0n) is 12.5. The molecule has 0 radical (unpaired) electrons. The van der Waals surface area contributed by atoms with E-state index in [-0.39, 0.29) is 12.1 Å². The molecule has 0 aliphatic rings. The number of amides is 1. The van der Waals surface area contributed by atoms with Gasteiger partial charge in [-0.3, -0.25) is 4.79 Å². The first kappa shape index (κ1) is 16.5. The molecule has 116 valence electrons. The summed E-state index contributed by atoms with van der Waals surface area (Å²) < 4.78 is 0. The molecule has 0 aliphatic heterocycles. The number of nitrogens with zero attached hydrogens (tertiary/aromatic N) is 2. The van der Waals surface area contributed by atoms with Crippen molar-refractivity contribution in [3.8, 4) is 6.07 Å². The lowest BCUT2D eigenvalue weighted by atomic mass is 10.2. The molecule has 2 N–H and O–H groups in total. The Hall–Kier alpha value is -2.84. The van der Waals surface area contributed by atoms with Gasteiger partial charge in [0.2, 0.25) is 0 Å². The van der Waals surface area contributed by atoms with E-state index >= 15 is 0 Å². The Morgan fingerprint density at radius 2 is 2.13 bits per heavy atom. The van der Waals surface area contributed by atoms with E-state index in [4.69, 9.17) is 16.9 Å².